The van der Waals surface area contributed by atoms with Gasteiger partial charge in [0.2, 0.25) is 0 Å². The molecule has 7 nitrogen and oxygen atoms in total. The first kappa shape index (κ1) is 19.7. The SMILES string of the molecule is CCCCOc1ccc(NC(=O)c2ccc(NC3CC3)c([N+](=O)[O-])c2)c(C)c1. The van der Waals surface area contributed by atoms with E-state index in [2.05, 4.69) is 17.6 Å². The maximum absolute atomic E-state index is 12.6. The zero-order chi connectivity index (χ0) is 20.1. The van der Waals surface area contributed by atoms with Crippen LogP contribution in [-0.2, 0) is 0 Å². The predicted octanol–water partition coefficient (Wildman–Crippen LogP) is 4.91. The second-order valence-electron chi connectivity index (χ2n) is 7.04. The second-order valence-corrected chi connectivity index (χ2v) is 7.04. The summed E-state index contributed by atoms with van der Waals surface area (Å²) < 4.78 is 5.67. The largest absolute Gasteiger partial charge is 0.494 e. The molecule has 0 heterocycles. The molecule has 0 spiro atoms. The van der Waals surface area contributed by atoms with Crippen molar-refractivity contribution < 1.29 is 14.5 Å². The quantitative estimate of drug-likeness (QED) is 0.365. The highest BCUT2D eigenvalue weighted by Crippen LogP contribution is 2.32. The van der Waals surface area contributed by atoms with Crippen LogP contribution in [0.25, 0.3) is 0 Å². The van der Waals surface area contributed by atoms with E-state index in [9.17, 15) is 14.9 Å². The zero-order valence-electron chi connectivity index (χ0n) is 16.2. The van der Waals surface area contributed by atoms with Crippen molar-refractivity contribution in [1.82, 2.24) is 0 Å². The number of nitrogens with zero attached hydrogens (tertiary/aromatic N) is 1. The van der Waals surface area contributed by atoms with Gasteiger partial charge >= 0.3 is 0 Å². The molecule has 28 heavy (non-hydrogen) atoms. The molecule has 0 atom stereocenters. The number of amides is 1. The van der Waals surface area contributed by atoms with Gasteiger partial charge in [0.1, 0.15) is 11.4 Å². The predicted molar refractivity (Wildman–Crippen MR) is 109 cm³/mol. The van der Waals surface area contributed by atoms with Crippen molar-refractivity contribution in [3.05, 3.63) is 57.6 Å². The number of ether oxygens (including phenoxy) is 1. The molecular weight excluding hydrogens is 358 g/mol. The van der Waals surface area contributed by atoms with Gasteiger partial charge in [0, 0.05) is 23.4 Å². The summed E-state index contributed by atoms with van der Waals surface area (Å²) in [6.45, 7) is 4.64. The first-order valence-electron chi connectivity index (χ1n) is 9.57. The lowest BCUT2D eigenvalue weighted by atomic mass is 10.1. The fourth-order valence-electron chi connectivity index (χ4n) is 2.79. The number of unbranched alkanes of at least 4 members (excludes halogenated alkanes) is 1. The third-order valence-corrected chi connectivity index (χ3v) is 4.61. The number of aryl methyl sites for hydroxylation is 1. The monoisotopic (exact) mass is 383 g/mol. The Hall–Kier alpha value is -3.09. The number of nitro benzene ring substituents is 1. The third kappa shape index (κ3) is 5.00. The van der Waals surface area contributed by atoms with E-state index in [4.69, 9.17) is 4.74 Å². The van der Waals surface area contributed by atoms with Crippen molar-refractivity contribution in [2.45, 2.75) is 45.6 Å². The van der Waals surface area contributed by atoms with E-state index in [0.29, 0.717) is 24.0 Å². The summed E-state index contributed by atoms with van der Waals surface area (Å²) in [7, 11) is 0. The van der Waals surface area contributed by atoms with Gasteiger partial charge in [-0.1, -0.05) is 13.3 Å². The van der Waals surface area contributed by atoms with Gasteiger partial charge < -0.3 is 15.4 Å². The van der Waals surface area contributed by atoms with Crippen LogP contribution >= 0.6 is 0 Å². The van der Waals surface area contributed by atoms with Crippen LogP contribution in [0.1, 0.15) is 48.5 Å². The van der Waals surface area contributed by atoms with E-state index in [0.717, 1.165) is 37.0 Å². The van der Waals surface area contributed by atoms with Gasteiger partial charge in [0.05, 0.1) is 11.5 Å². The molecule has 2 aromatic carbocycles. The Morgan fingerprint density at radius 3 is 2.61 bits per heavy atom. The molecule has 0 saturated heterocycles. The Kier molecular flexibility index (Phi) is 6.13. The summed E-state index contributed by atoms with van der Waals surface area (Å²) in [5.41, 5.74) is 2.13. The molecule has 2 aromatic rings. The van der Waals surface area contributed by atoms with E-state index in [1.807, 2.05) is 19.1 Å². The highest BCUT2D eigenvalue weighted by molar-refractivity contribution is 6.05. The molecule has 1 amide bonds. The number of carbonyl (C=O) groups is 1. The maximum atomic E-state index is 12.6. The number of nitrogens with one attached hydrogen (secondary N) is 2. The highest BCUT2D eigenvalue weighted by Gasteiger charge is 2.25. The Bertz CT molecular complexity index is 878. The average Bonchev–Trinajstić information content (AvgIpc) is 3.48. The van der Waals surface area contributed by atoms with Crippen LogP contribution in [-0.4, -0.2) is 23.5 Å². The summed E-state index contributed by atoms with van der Waals surface area (Å²) >= 11 is 0. The van der Waals surface area contributed by atoms with Crippen LogP contribution in [0.2, 0.25) is 0 Å². The van der Waals surface area contributed by atoms with Crippen molar-refractivity contribution in [3.8, 4) is 5.75 Å². The molecule has 7 heteroatoms. The molecular formula is C21H25N3O4. The van der Waals surface area contributed by atoms with Gasteiger partial charge in [-0.15, -0.1) is 0 Å². The molecule has 0 bridgehead atoms. The Balaban J connectivity index is 1.71. The summed E-state index contributed by atoms with van der Waals surface area (Å²) in [5.74, 6) is 0.374. The number of anilines is 2. The summed E-state index contributed by atoms with van der Waals surface area (Å²) in [6, 6.07) is 10.3. The average molecular weight is 383 g/mol. The normalized spacial score (nSPS) is 13.1. The lowest BCUT2D eigenvalue weighted by molar-refractivity contribution is -0.384. The first-order chi connectivity index (χ1) is 13.5. The van der Waals surface area contributed by atoms with Crippen molar-refractivity contribution in [2.75, 3.05) is 17.2 Å². The van der Waals surface area contributed by atoms with Crippen molar-refractivity contribution in [1.29, 1.82) is 0 Å². The Labute approximate surface area is 164 Å². The van der Waals surface area contributed by atoms with Gasteiger partial charge in [0.25, 0.3) is 11.6 Å². The lowest BCUT2D eigenvalue weighted by Gasteiger charge is -2.12. The number of carbonyl (C=O) groups excluding carboxylic acids is 1. The minimum atomic E-state index is -0.463. The van der Waals surface area contributed by atoms with E-state index >= 15 is 0 Å². The summed E-state index contributed by atoms with van der Waals surface area (Å²) in [5, 5.41) is 17.3. The molecule has 3 rings (SSSR count). The van der Waals surface area contributed by atoms with Crippen LogP contribution in [0.15, 0.2) is 36.4 Å². The van der Waals surface area contributed by atoms with E-state index < -0.39 is 4.92 Å². The van der Waals surface area contributed by atoms with Crippen LogP contribution in [0.4, 0.5) is 17.1 Å². The fraction of sp³-hybridized carbons (Fsp3) is 0.381. The van der Waals surface area contributed by atoms with Gasteiger partial charge in [-0.05, 0) is 62.1 Å². The second kappa shape index (κ2) is 8.73. The smallest absolute Gasteiger partial charge is 0.293 e. The molecule has 1 fully saturated rings. The number of rotatable bonds is 9. The molecule has 0 radical (unpaired) electrons. The minimum absolute atomic E-state index is 0.0871. The van der Waals surface area contributed by atoms with Crippen molar-refractivity contribution in [3.63, 3.8) is 0 Å². The standard InChI is InChI=1S/C21H25N3O4/c1-3-4-11-28-17-8-10-18(14(2)12-17)23-21(25)15-5-9-19(22-16-6-7-16)20(13-15)24(26)27/h5,8-10,12-13,16,22H,3-4,6-7,11H2,1-2H3,(H,23,25). The molecule has 2 N–H and O–H groups in total. The maximum Gasteiger partial charge on any atom is 0.293 e. The van der Waals surface area contributed by atoms with Gasteiger partial charge in [0.15, 0.2) is 0 Å². The molecule has 1 aliphatic rings. The Morgan fingerprint density at radius 1 is 1.21 bits per heavy atom. The van der Waals surface area contributed by atoms with Crippen LogP contribution < -0.4 is 15.4 Å². The Morgan fingerprint density at radius 2 is 1.96 bits per heavy atom. The molecule has 0 aliphatic heterocycles. The molecule has 0 unspecified atom stereocenters. The summed E-state index contributed by atoms with van der Waals surface area (Å²) in [4.78, 5) is 23.5. The summed E-state index contributed by atoms with van der Waals surface area (Å²) in [6.07, 6.45) is 4.07. The number of hydrogen-bond acceptors (Lipinski definition) is 5. The molecule has 148 valence electrons. The van der Waals surface area contributed by atoms with E-state index in [1.165, 1.54) is 6.07 Å². The van der Waals surface area contributed by atoms with Crippen LogP contribution in [0, 0.1) is 17.0 Å². The third-order valence-electron chi connectivity index (χ3n) is 4.61. The van der Waals surface area contributed by atoms with Crippen LogP contribution in [0.3, 0.4) is 0 Å². The van der Waals surface area contributed by atoms with E-state index in [1.54, 1.807) is 18.2 Å². The zero-order valence-corrected chi connectivity index (χ0v) is 16.2. The first-order valence-corrected chi connectivity index (χ1v) is 9.57. The van der Waals surface area contributed by atoms with Crippen molar-refractivity contribution in [2.24, 2.45) is 0 Å². The number of hydrogen-bond donors (Lipinski definition) is 2. The fourth-order valence-corrected chi connectivity index (χ4v) is 2.79. The molecule has 0 aromatic heterocycles. The van der Waals surface area contributed by atoms with Gasteiger partial charge in [-0.25, -0.2) is 0 Å². The van der Waals surface area contributed by atoms with E-state index in [-0.39, 0.29) is 17.2 Å². The van der Waals surface area contributed by atoms with Gasteiger partial charge in [-0.3, -0.25) is 14.9 Å². The number of benzene rings is 2. The highest BCUT2D eigenvalue weighted by atomic mass is 16.6. The molecule has 1 aliphatic carbocycles. The topological polar surface area (TPSA) is 93.5 Å². The minimum Gasteiger partial charge on any atom is -0.494 e. The molecule has 1 saturated carbocycles. The van der Waals surface area contributed by atoms with Crippen LogP contribution in [0.5, 0.6) is 5.75 Å². The van der Waals surface area contributed by atoms with Gasteiger partial charge in [-0.2, -0.15) is 0 Å². The number of nitro groups is 1. The lowest BCUT2D eigenvalue weighted by Crippen LogP contribution is -2.14. The van der Waals surface area contributed by atoms with Crippen molar-refractivity contribution >= 4 is 23.0 Å².